The second kappa shape index (κ2) is 8.72. The van der Waals surface area contributed by atoms with Crippen LogP contribution in [0, 0.1) is 12.7 Å². The number of nitrogens with zero attached hydrogens (tertiary/aromatic N) is 3. The van der Waals surface area contributed by atoms with Gasteiger partial charge in [0.05, 0.1) is 28.4 Å². The number of aryl methyl sites for hydroxylation is 1. The number of carbonyl (C=O) groups excluding carboxylic acids is 2. The summed E-state index contributed by atoms with van der Waals surface area (Å²) in [6.07, 6.45) is -0.650. The van der Waals surface area contributed by atoms with Crippen molar-refractivity contribution in [3.63, 3.8) is 0 Å². The van der Waals surface area contributed by atoms with Gasteiger partial charge in [-0.15, -0.1) is 11.3 Å². The third-order valence-electron chi connectivity index (χ3n) is 5.32. The second-order valence-corrected chi connectivity index (χ2v) is 8.68. The third-order valence-corrected chi connectivity index (χ3v) is 6.34. The Morgan fingerprint density at radius 3 is 2.79 bits per heavy atom. The first-order valence-electron chi connectivity index (χ1n) is 10.3. The molecular formula is C23H19FN4O4S. The van der Waals surface area contributed by atoms with Gasteiger partial charge in [0.2, 0.25) is 0 Å². The first-order chi connectivity index (χ1) is 16.0. The van der Waals surface area contributed by atoms with Crippen LogP contribution in [-0.4, -0.2) is 52.8 Å². The van der Waals surface area contributed by atoms with Crippen molar-refractivity contribution < 1.29 is 23.2 Å². The van der Waals surface area contributed by atoms with Gasteiger partial charge in [-0.25, -0.2) is 9.37 Å². The Morgan fingerprint density at radius 1 is 1.18 bits per heavy atom. The van der Waals surface area contributed by atoms with Gasteiger partial charge in [0.25, 0.3) is 11.8 Å². The van der Waals surface area contributed by atoms with E-state index in [4.69, 9.17) is 9.26 Å². The molecule has 1 fully saturated rings. The van der Waals surface area contributed by atoms with Crippen molar-refractivity contribution in [2.24, 2.45) is 0 Å². The van der Waals surface area contributed by atoms with Crippen LogP contribution in [0.3, 0.4) is 0 Å². The molecule has 1 unspecified atom stereocenters. The molecule has 0 bridgehead atoms. The molecule has 0 radical (unpaired) electrons. The van der Waals surface area contributed by atoms with Gasteiger partial charge in [0.1, 0.15) is 17.7 Å². The molecule has 1 saturated heterocycles. The number of nitrogens with one attached hydrogen (secondary N) is 1. The van der Waals surface area contributed by atoms with E-state index >= 15 is 0 Å². The average molecular weight is 466 g/mol. The SMILES string of the molecule is Cc1nc(C(=O)N2CCOC2CNC(=O)c2noc3ccccc23)c(-c2ccc(F)cc2)s1. The van der Waals surface area contributed by atoms with Crippen LogP contribution in [0.25, 0.3) is 21.4 Å². The summed E-state index contributed by atoms with van der Waals surface area (Å²) in [6.45, 7) is 2.61. The van der Waals surface area contributed by atoms with Gasteiger partial charge in [-0.2, -0.15) is 0 Å². The number of halogens is 1. The van der Waals surface area contributed by atoms with Crippen molar-refractivity contribution in [1.29, 1.82) is 0 Å². The molecular weight excluding hydrogens is 447 g/mol. The van der Waals surface area contributed by atoms with Crippen molar-refractivity contribution in [2.75, 3.05) is 19.7 Å². The molecule has 3 heterocycles. The van der Waals surface area contributed by atoms with Crippen LogP contribution in [-0.2, 0) is 4.74 Å². The smallest absolute Gasteiger partial charge is 0.276 e. The van der Waals surface area contributed by atoms with Crippen LogP contribution in [0.1, 0.15) is 26.0 Å². The summed E-state index contributed by atoms with van der Waals surface area (Å²) < 4.78 is 24.2. The average Bonchev–Trinajstić information content (AvgIpc) is 3.55. The number of rotatable bonds is 5. The number of aromatic nitrogens is 2. The van der Waals surface area contributed by atoms with E-state index < -0.39 is 12.1 Å². The Hall–Kier alpha value is -3.63. The highest BCUT2D eigenvalue weighted by atomic mass is 32.1. The quantitative estimate of drug-likeness (QED) is 0.483. The number of fused-ring (bicyclic) bond motifs is 1. The van der Waals surface area contributed by atoms with E-state index in [1.54, 1.807) is 41.3 Å². The number of para-hydroxylation sites is 1. The number of hydrogen-bond donors (Lipinski definition) is 1. The molecule has 33 heavy (non-hydrogen) atoms. The molecule has 168 valence electrons. The minimum absolute atomic E-state index is 0.0841. The van der Waals surface area contributed by atoms with E-state index in [9.17, 15) is 14.0 Å². The fourth-order valence-electron chi connectivity index (χ4n) is 3.74. The Labute approximate surface area is 192 Å². The molecule has 0 aliphatic carbocycles. The maximum Gasteiger partial charge on any atom is 0.276 e. The molecule has 0 saturated carbocycles. The van der Waals surface area contributed by atoms with Crippen molar-refractivity contribution in [1.82, 2.24) is 20.4 Å². The summed E-state index contributed by atoms with van der Waals surface area (Å²) >= 11 is 1.37. The summed E-state index contributed by atoms with van der Waals surface area (Å²) in [6, 6.07) is 13.0. The van der Waals surface area contributed by atoms with Gasteiger partial charge >= 0.3 is 0 Å². The highest BCUT2D eigenvalue weighted by Gasteiger charge is 2.34. The Morgan fingerprint density at radius 2 is 1.97 bits per heavy atom. The van der Waals surface area contributed by atoms with Gasteiger partial charge in [0, 0.05) is 6.54 Å². The van der Waals surface area contributed by atoms with Crippen molar-refractivity contribution in [3.05, 3.63) is 70.7 Å². The lowest BCUT2D eigenvalue weighted by molar-refractivity contribution is 0.0276. The highest BCUT2D eigenvalue weighted by Crippen LogP contribution is 2.32. The van der Waals surface area contributed by atoms with Crippen LogP contribution in [0.4, 0.5) is 4.39 Å². The molecule has 0 spiro atoms. The molecule has 2 aromatic heterocycles. The third kappa shape index (κ3) is 4.10. The zero-order chi connectivity index (χ0) is 22.9. The standard InChI is InChI=1S/C23H19FN4O4S/c1-13-26-20(21(33-13)14-6-8-15(24)9-7-14)23(30)28-10-11-31-18(28)12-25-22(29)19-16-4-2-3-5-17(16)32-27-19/h2-9,18H,10-12H2,1H3,(H,25,29). The van der Waals surface area contributed by atoms with Gasteiger partial charge in [-0.05, 0) is 36.8 Å². The van der Waals surface area contributed by atoms with E-state index in [0.717, 1.165) is 5.01 Å². The number of carbonyl (C=O) groups is 2. The molecule has 1 N–H and O–H groups in total. The molecule has 1 aliphatic rings. The number of ether oxygens (including phenoxy) is 1. The minimum atomic E-state index is -0.650. The molecule has 2 amide bonds. The van der Waals surface area contributed by atoms with Crippen molar-refractivity contribution in [2.45, 2.75) is 13.2 Å². The van der Waals surface area contributed by atoms with Crippen LogP contribution in [0.2, 0.25) is 0 Å². The molecule has 1 atom stereocenters. The zero-order valence-corrected chi connectivity index (χ0v) is 18.4. The van der Waals surface area contributed by atoms with E-state index in [-0.39, 0.29) is 29.7 Å². The first kappa shape index (κ1) is 21.2. The van der Waals surface area contributed by atoms with Gasteiger partial charge in [-0.1, -0.05) is 29.4 Å². The van der Waals surface area contributed by atoms with Crippen molar-refractivity contribution >= 4 is 34.1 Å². The molecule has 10 heteroatoms. The van der Waals surface area contributed by atoms with Crippen molar-refractivity contribution in [3.8, 4) is 10.4 Å². The number of amides is 2. The monoisotopic (exact) mass is 466 g/mol. The largest absolute Gasteiger partial charge is 0.355 e. The summed E-state index contributed by atoms with van der Waals surface area (Å²) in [7, 11) is 0. The van der Waals surface area contributed by atoms with E-state index in [1.165, 1.54) is 23.5 Å². The fourth-order valence-corrected chi connectivity index (χ4v) is 4.66. The molecule has 1 aliphatic heterocycles. The minimum Gasteiger partial charge on any atom is -0.355 e. The van der Waals surface area contributed by atoms with E-state index in [1.807, 2.05) is 6.92 Å². The zero-order valence-electron chi connectivity index (χ0n) is 17.6. The number of hydrogen-bond acceptors (Lipinski definition) is 7. The Balaban J connectivity index is 1.32. The predicted octanol–water partition coefficient (Wildman–Crippen LogP) is 3.63. The van der Waals surface area contributed by atoms with E-state index in [2.05, 4.69) is 15.5 Å². The lowest BCUT2D eigenvalue weighted by Gasteiger charge is -2.23. The summed E-state index contributed by atoms with van der Waals surface area (Å²) in [5, 5.41) is 7.96. The second-order valence-electron chi connectivity index (χ2n) is 7.48. The maximum atomic E-state index is 13.4. The summed E-state index contributed by atoms with van der Waals surface area (Å²) in [4.78, 5) is 32.7. The highest BCUT2D eigenvalue weighted by molar-refractivity contribution is 7.15. The van der Waals surface area contributed by atoms with Gasteiger partial charge in [0.15, 0.2) is 11.3 Å². The van der Waals surface area contributed by atoms with Crippen LogP contribution in [0.15, 0.2) is 53.1 Å². The predicted molar refractivity (Wildman–Crippen MR) is 119 cm³/mol. The van der Waals surface area contributed by atoms with Gasteiger partial charge in [-0.3, -0.25) is 9.59 Å². The molecule has 5 rings (SSSR count). The Bertz CT molecular complexity index is 1330. The summed E-state index contributed by atoms with van der Waals surface area (Å²) in [5.74, 6) is -1.07. The fraction of sp³-hybridized carbons (Fsp3) is 0.217. The first-order valence-corrected chi connectivity index (χ1v) is 11.1. The maximum absolute atomic E-state index is 13.4. The van der Waals surface area contributed by atoms with Crippen LogP contribution in [0.5, 0.6) is 0 Å². The number of thiazole rings is 1. The van der Waals surface area contributed by atoms with Crippen LogP contribution < -0.4 is 5.32 Å². The summed E-state index contributed by atoms with van der Waals surface area (Å²) in [5.41, 5.74) is 1.70. The molecule has 2 aromatic carbocycles. The lowest BCUT2D eigenvalue weighted by Crippen LogP contribution is -2.44. The normalized spacial score (nSPS) is 15.8. The van der Waals surface area contributed by atoms with Crippen LogP contribution >= 0.6 is 11.3 Å². The van der Waals surface area contributed by atoms with E-state index in [0.29, 0.717) is 34.6 Å². The van der Waals surface area contributed by atoms with Gasteiger partial charge < -0.3 is 19.5 Å². The Kier molecular flexibility index (Phi) is 5.61. The topological polar surface area (TPSA) is 97.6 Å². The molecule has 4 aromatic rings. The molecule has 8 nitrogen and oxygen atoms in total. The number of benzene rings is 2. The lowest BCUT2D eigenvalue weighted by atomic mass is 10.1.